The first kappa shape index (κ1) is 22.1. The van der Waals surface area contributed by atoms with Crippen molar-refractivity contribution < 1.29 is 14.8 Å². The Morgan fingerprint density at radius 3 is 2.71 bits per heavy atom. The Hall–Kier alpha value is -3.69. The van der Waals surface area contributed by atoms with E-state index in [2.05, 4.69) is 5.32 Å². The number of aromatic nitrogens is 3. The van der Waals surface area contributed by atoms with Gasteiger partial charge >= 0.3 is 7.12 Å². The summed E-state index contributed by atoms with van der Waals surface area (Å²) < 4.78 is 1.95. The molecule has 0 atom stereocenters. The van der Waals surface area contributed by atoms with E-state index in [-0.39, 0.29) is 0 Å². The summed E-state index contributed by atoms with van der Waals surface area (Å²) in [6.45, 7) is 2.35. The summed E-state index contributed by atoms with van der Waals surface area (Å²) in [5, 5.41) is 23.6. The zero-order valence-electron chi connectivity index (χ0n) is 19.0. The number of benzene rings is 2. The predicted molar refractivity (Wildman–Crippen MR) is 132 cm³/mol. The van der Waals surface area contributed by atoms with Gasteiger partial charge < -0.3 is 21.1 Å². The normalized spacial score (nSPS) is 13.0. The molecule has 9 heteroatoms. The summed E-state index contributed by atoms with van der Waals surface area (Å²) in [6.07, 6.45) is 3.90. The maximum atomic E-state index is 11.9. The number of nitrogens with two attached hydrogens (primary N) is 1. The lowest BCUT2D eigenvalue weighted by Crippen LogP contribution is -2.33. The molecule has 0 spiro atoms. The number of aryl methyl sites for hydroxylation is 2. The largest absolute Gasteiger partial charge is 0.488 e. The Labute approximate surface area is 197 Å². The van der Waals surface area contributed by atoms with Gasteiger partial charge in [0.15, 0.2) is 0 Å². The van der Waals surface area contributed by atoms with Crippen molar-refractivity contribution in [2.75, 3.05) is 5.32 Å². The quantitative estimate of drug-likeness (QED) is 0.330. The van der Waals surface area contributed by atoms with Crippen LogP contribution in [0.5, 0.6) is 0 Å². The van der Waals surface area contributed by atoms with Gasteiger partial charge in [-0.2, -0.15) is 4.98 Å². The SMILES string of the molecule is Cc1cc2c(C(N)=O)cccc2n1-c1nc2c(c(NCc3ccccc3B(O)O)n1)CCCC2. The molecular weight excluding hydrogens is 429 g/mol. The molecule has 5 N–H and O–H groups in total. The Kier molecular flexibility index (Phi) is 5.81. The van der Waals surface area contributed by atoms with E-state index in [1.54, 1.807) is 18.2 Å². The highest BCUT2D eigenvalue weighted by atomic mass is 16.4. The van der Waals surface area contributed by atoms with Crippen molar-refractivity contribution in [1.82, 2.24) is 14.5 Å². The molecule has 2 aromatic carbocycles. The maximum absolute atomic E-state index is 11.9. The minimum absolute atomic E-state index is 0.397. The Bertz CT molecular complexity index is 1400. The van der Waals surface area contributed by atoms with Gasteiger partial charge in [-0.15, -0.1) is 0 Å². The van der Waals surface area contributed by atoms with Gasteiger partial charge in [-0.25, -0.2) is 4.98 Å². The molecule has 0 unspecified atom stereocenters. The number of amides is 1. The lowest BCUT2D eigenvalue weighted by molar-refractivity contribution is 0.100. The average molecular weight is 455 g/mol. The van der Waals surface area contributed by atoms with Crippen LogP contribution in [0.15, 0.2) is 48.5 Å². The summed E-state index contributed by atoms with van der Waals surface area (Å²) in [5.74, 6) is 0.809. The lowest BCUT2D eigenvalue weighted by Gasteiger charge is -2.21. The first-order valence-corrected chi connectivity index (χ1v) is 11.4. The molecule has 1 aliphatic carbocycles. The highest BCUT2D eigenvalue weighted by Crippen LogP contribution is 2.30. The molecular formula is C25H26BN5O3. The minimum atomic E-state index is -1.54. The van der Waals surface area contributed by atoms with Gasteiger partial charge in [0.2, 0.25) is 11.9 Å². The van der Waals surface area contributed by atoms with E-state index < -0.39 is 13.0 Å². The number of hydrogen-bond donors (Lipinski definition) is 4. The Morgan fingerprint density at radius 1 is 1.12 bits per heavy atom. The van der Waals surface area contributed by atoms with Crippen molar-refractivity contribution in [2.45, 2.75) is 39.2 Å². The van der Waals surface area contributed by atoms with Crippen LogP contribution in [-0.2, 0) is 19.4 Å². The van der Waals surface area contributed by atoms with E-state index >= 15 is 0 Å². The van der Waals surface area contributed by atoms with Crippen LogP contribution in [0.1, 0.15) is 45.7 Å². The predicted octanol–water partition coefficient (Wildman–Crippen LogP) is 2.00. The number of anilines is 1. The molecule has 0 saturated carbocycles. The van der Waals surface area contributed by atoms with Crippen LogP contribution in [-0.4, -0.2) is 37.6 Å². The monoisotopic (exact) mass is 455 g/mol. The van der Waals surface area contributed by atoms with Crippen LogP contribution in [0.2, 0.25) is 0 Å². The van der Waals surface area contributed by atoms with E-state index in [0.29, 0.717) is 23.5 Å². The van der Waals surface area contributed by atoms with Gasteiger partial charge in [-0.3, -0.25) is 9.36 Å². The summed E-state index contributed by atoms with van der Waals surface area (Å²) in [4.78, 5) is 21.8. The molecule has 8 nitrogen and oxygen atoms in total. The molecule has 1 amide bonds. The molecule has 1 aliphatic rings. The number of fused-ring (bicyclic) bond motifs is 2. The van der Waals surface area contributed by atoms with Crippen LogP contribution in [0, 0.1) is 6.92 Å². The third-order valence-electron chi connectivity index (χ3n) is 6.45. The summed E-state index contributed by atoms with van der Waals surface area (Å²) in [7, 11) is -1.54. The van der Waals surface area contributed by atoms with Crippen molar-refractivity contribution in [3.05, 3.63) is 76.6 Å². The van der Waals surface area contributed by atoms with E-state index in [4.69, 9.17) is 15.7 Å². The number of hydrogen-bond acceptors (Lipinski definition) is 6. The van der Waals surface area contributed by atoms with E-state index in [1.807, 2.05) is 41.8 Å². The molecule has 5 rings (SSSR count). The second-order valence-corrected chi connectivity index (χ2v) is 8.65. The van der Waals surface area contributed by atoms with E-state index in [9.17, 15) is 14.8 Å². The highest BCUT2D eigenvalue weighted by Gasteiger charge is 2.22. The summed E-state index contributed by atoms with van der Waals surface area (Å²) in [6, 6.07) is 14.6. The molecule has 4 aromatic rings. The lowest BCUT2D eigenvalue weighted by atomic mass is 9.77. The molecule has 2 heterocycles. The first-order chi connectivity index (χ1) is 16.4. The average Bonchev–Trinajstić information content (AvgIpc) is 3.18. The van der Waals surface area contributed by atoms with Crippen LogP contribution < -0.4 is 16.5 Å². The molecule has 34 heavy (non-hydrogen) atoms. The standard InChI is InChI=1S/C25H26BN5O3/c1-15-13-19-17(23(27)32)9-6-12-22(19)31(15)25-29-21-11-5-3-8-18(21)24(30-25)28-14-16-7-2-4-10-20(16)26(33)34/h2,4,6-7,9-10,12-13,33-34H,3,5,8,11,14H2,1H3,(H2,27,32)(H,28,29,30). The topological polar surface area (TPSA) is 126 Å². The molecule has 0 fully saturated rings. The van der Waals surface area contributed by atoms with Crippen LogP contribution in [0.4, 0.5) is 5.82 Å². The van der Waals surface area contributed by atoms with Gasteiger partial charge in [0, 0.05) is 28.8 Å². The van der Waals surface area contributed by atoms with E-state index in [0.717, 1.165) is 64.9 Å². The highest BCUT2D eigenvalue weighted by molar-refractivity contribution is 6.59. The van der Waals surface area contributed by atoms with Gasteiger partial charge in [0.25, 0.3) is 0 Å². The third kappa shape index (κ3) is 3.93. The first-order valence-electron chi connectivity index (χ1n) is 11.4. The number of nitrogens with zero attached hydrogens (tertiary/aromatic N) is 3. The molecule has 2 aromatic heterocycles. The Morgan fingerprint density at radius 2 is 1.91 bits per heavy atom. The van der Waals surface area contributed by atoms with Gasteiger partial charge in [0.1, 0.15) is 5.82 Å². The zero-order chi connectivity index (χ0) is 23.8. The number of rotatable bonds is 6. The van der Waals surface area contributed by atoms with Crippen LogP contribution >= 0.6 is 0 Å². The van der Waals surface area contributed by atoms with Crippen LogP contribution in [0.3, 0.4) is 0 Å². The number of carbonyl (C=O) groups excluding carboxylic acids is 1. The van der Waals surface area contributed by atoms with Crippen molar-refractivity contribution >= 4 is 35.2 Å². The van der Waals surface area contributed by atoms with Gasteiger partial charge in [-0.1, -0.05) is 30.3 Å². The molecule has 0 radical (unpaired) electrons. The molecule has 0 bridgehead atoms. The number of nitrogens with one attached hydrogen (secondary N) is 1. The van der Waals surface area contributed by atoms with Crippen molar-refractivity contribution in [3.63, 3.8) is 0 Å². The zero-order valence-corrected chi connectivity index (χ0v) is 19.0. The maximum Gasteiger partial charge on any atom is 0.488 e. The Balaban J connectivity index is 1.60. The summed E-state index contributed by atoms with van der Waals surface area (Å²) >= 11 is 0. The number of primary amides is 1. The molecule has 0 saturated heterocycles. The summed E-state index contributed by atoms with van der Waals surface area (Å²) in [5.41, 5.74) is 11.2. The fourth-order valence-electron chi connectivity index (χ4n) is 4.80. The molecule has 0 aliphatic heterocycles. The van der Waals surface area contributed by atoms with E-state index in [1.165, 1.54) is 0 Å². The second kappa shape index (κ2) is 8.93. The van der Waals surface area contributed by atoms with Gasteiger partial charge in [0.05, 0.1) is 11.2 Å². The second-order valence-electron chi connectivity index (χ2n) is 8.65. The van der Waals surface area contributed by atoms with Crippen LogP contribution in [0.25, 0.3) is 16.9 Å². The fourth-order valence-corrected chi connectivity index (χ4v) is 4.80. The number of carbonyl (C=O) groups is 1. The third-order valence-corrected chi connectivity index (χ3v) is 6.45. The van der Waals surface area contributed by atoms with Crippen molar-refractivity contribution in [2.24, 2.45) is 5.73 Å². The van der Waals surface area contributed by atoms with Gasteiger partial charge in [-0.05, 0) is 61.8 Å². The fraction of sp³-hybridized carbons (Fsp3) is 0.240. The molecule has 172 valence electrons. The van der Waals surface area contributed by atoms with Crippen molar-refractivity contribution in [3.8, 4) is 5.95 Å². The minimum Gasteiger partial charge on any atom is -0.423 e. The van der Waals surface area contributed by atoms with Crippen molar-refractivity contribution in [1.29, 1.82) is 0 Å². The smallest absolute Gasteiger partial charge is 0.423 e.